The number of ether oxygens (including phenoxy) is 2. The van der Waals surface area contributed by atoms with Gasteiger partial charge in [0.1, 0.15) is 5.75 Å². The number of amides is 1. The fraction of sp³-hybridized carbons (Fsp3) is 0.455. The van der Waals surface area contributed by atoms with Gasteiger partial charge in [-0.3, -0.25) is 9.69 Å². The molecule has 0 radical (unpaired) electrons. The van der Waals surface area contributed by atoms with Crippen LogP contribution in [0.1, 0.15) is 47.9 Å². The zero-order valence-electron chi connectivity index (χ0n) is 19.6. The molecule has 0 saturated carbocycles. The molecule has 3 heterocycles. The molecule has 0 unspecified atom stereocenters. The van der Waals surface area contributed by atoms with Gasteiger partial charge in [-0.25, -0.2) is 10.1 Å². The number of hydrogen-bond acceptors (Lipinski definition) is 11. The second-order valence-corrected chi connectivity index (χ2v) is 7.98. The Morgan fingerprint density at radius 3 is 2.74 bits per heavy atom. The van der Waals surface area contributed by atoms with Gasteiger partial charge in [-0.05, 0) is 46.6 Å². The first kappa shape index (κ1) is 24.3. The van der Waals surface area contributed by atoms with Crippen LogP contribution in [0.25, 0.3) is 5.82 Å². The van der Waals surface area contributed by atoms with Gasteiger partial charge in [-0.2, -0.15) is 9.78 Å². The monoisotopic (exact) mass is 483 g/mol. The summed E-state index contributed by atoms with van der Waals surface area (Å²) in [5.74, 6) is 0.496. The highest BCUT2D eigenvalue weighted by Crippen LogP contribution is 2.18. The average molecular weight is 484 g/mol. The van der Waals surface area contributed by atoms with Gasteiger partial charge in [0.05, 0.1) is 31.7 Å². The van der Waals surface area contributed by atoms with Crippen molar-refractivity contribution < 1.29 is 18.9 Å². The molecule has 186 valence electrons. The summed E-state index contributed by atoms with van der Waals surface area (Å²) in [5, 5.41) is 19.5. The Morgan fingerprint density at radius 2 is 2.03 bits per heavy atom. The first-order valence-corrected chi connectivity index (χ1v) is 11.5. The molecular weight excluding hydrogens is 454 g/mol. The molecule has 1 fully saturated rings. The number of nitrogens with two attached hydrogens (primary N) is 1. The van der Waals surface area contributed by atoms with Crippen LogP contribution in [0.3, 0.4) is 0 Å². The van der Waals surface area contributed by atoms with E-state index in [1.165, 1.54) is 4.68 Å². The van der Waals surface area contributed by atoms with Crippen LogP contribution >= 0.6 is 0 Å². The first-order chi connectivity index (χ1) is 17.2. The van der Waals surface area contributed by atoms with E-state index in [9.17, 15) is 4.79 Å². The van der Waals surface area contributed by atoms with E-state index in [2.05, 4.69) is 47.6 Å². The van der Waals surface area contributed by atoms with Crippen LogP contribution in [0.5, 0.6) is 5.75 Å². The van der Waals surface area contributed by atoms with E-state index in [1.807, 2.05) is 24.3 Å². The summed E-state index contributed by atoms with van der Waals surface area (Å²) in [6, 6.07) is 7.48. The van der Waals surface area contributed by atoms with Gasteiger partial charge in [0, 0.05) is 19.6 Å². The molecule has 1 aromatic carbocycles. The Morgan fingerprint density at radius 1 is 1.23 bits per heavy atom. The minimum Gasteiger partial charge on any atom is -0.494 e. The highest BCUT2D eigenvalue weighted by Gasteiger charge is 2.26. The van der Waals surface area contributed by atoms with Gasteiger partial charge in [0.25, 0.3) is 5.91 Å². The third-order valence-corrected chi connectivity index (χ3v) is 5.43. The highest BCUT2D eigenvalue weighted by atomic mass is 16.6. The Hall–Kier alpha value is -3.84. The maximum Gasteiger partial charge on any atom is 0.293 e. The van der Waals surface area contributed by atoms with E-state index in [0.717, 1.165) is 30.6 Å². The number of nitrogen functional groups attached to an aromatic ring is 1. The van der Waals surface area contributed by atoms with Crippen LogP contribution in [-0.4, -0.2) is 75.2 Å². The standard InChI is InChI=1S/C22H29N9O4/c1-2-3-4-11-34-17-7-5-16(6-8-17)14-24-26-22(32)19-18(15-30-9-12-33-13-10-30)31(29-25-19)21-20(23)27-35-28-21/h5-8,14H,2-4,9-13,15H2,1H3,(H2,23,27)(H,26,32)/b24-14-. The molecule has 0 spiro atoms. The van der Waals surface area contributed by atoms with Gasteiger partial charge >= 0.3 is 0 Å². The summed E-state index contributed by atoms with van der Waals surface area (Å²) in [4.78, 5) is 15.0. The summed E-state index contributed by atoms with van der Waals surface area (Å²) < 4.78 is 17.2. The van der Waals surface area contributed by atoms with Crippen molar-refractivity contribution in [3.8, 4) is 11.6 Å². The lowest BCUT2D eigenvalue weighted by molar-refractivity contribution is 0.0332. The number of rotatable bonds is 11. The van der Waals surface area contributed by atoms with E-state index in [4.69, 9.17) is 15.2 Å². The third kappa shape index (κ3) is 6.39. The Kier molecular flexibility index (Phi) is 8.35. The van der Waals surface area contributed by atoms with Crippen LogP contribution in [0, 0.1) is 0 Å². The summed E-state index contributed by atoms with van der Waals surface area (Å²) >= 11 is 0. The number of anilines is 1. The first-order valence-electron chi connectivity index (χ1n) is 11.5. The number of morpholine rings is 1. The third-order valence-electron chi connectivity index (χ3n) is 5.43. The van der Waals surface area contributed by atoms with Crippen molar-refractivity contribution in [3.63, 3.8) is 0 Å². The minimum atomic E-state index is -0.512. The number of hydrogen-bond donors (Lipinski definition) is 2. The van der Waals surface area contributed by atoms with Crippen molar-refractivity contribution in [2.45, 2.75) is 32.7 Å². The molecule has 1 aliphatic heterocycles. The quantitative estimate of drug-likeness (QED) is 0.232. The van der Waals surface area contributed by atoms with Crippen molar-refractivity contribution >= 4 is 17.9 Å². The lowest BCUT2D eigenvalue weighted by atomic mass is 10.2. The molecule has 4 rings (SSSR count). The fourth-order valence-corrected chi connectivity index (χ4v) is 3.51. The molecule has 1 aliphatic rings. The van der Waals surface area contributed by atoms with Crippen molar-refractivity contribution in [2.75, 3.05) is 38.6 Å². The van der Waals surface area contributed by atoms with Gasteiger partial charge in [-0.15, -0.1) is 5.10 Å². The van der Waals surface area contributed by atoms with Crippen molar-refractivity contribution in [1.82, 2.24) is 35.6 Å². The molecule has 3 N–H and O–H groups in total. The average Bonchev–Trinajstić information content (AvgIpc) is 3.49. The van der Waals surface area contributed by atoms with E-state index >= 15 is 0 Å². The minimum absolute atomic E-state index is 0.0425. The maximum absolute atomic E-state index is 12.9. The summed E-state index contributed by atoms with van der Waals surface area (Å²) in [5.41, 5.74) is 9.75. The van der Waals surface area contributed by atoms with Crippen LogP contribution in [0.4, 0.5) is 5.82 Å². The molecule has 13 nitrogen and oxygen atoms in total. The van der Waals surface area contributed by atoms with Crippen molar-refractivity contribution in [2.24, 2.45) is 5.10 Å². The number of hydrazone groups is 1. The summed E-state index contributed by atoms with van der Waals surface area (Å²) in [6.45, 7) is 5.84. The van der Waals surface area contributed by atoms with Gasteiger partial charge in [0.2, 0.25) is 11.6 Å². The number of carbonyl (C=O) groups is 1. The number of unbranched alkanes of at least 4 members (excludes halogenated alkanes) is 2. The molecule has 2 aromatic heterocycles. The molecule has 0 atom stereocenters. The molecule has 35 heavy (non-hydrogen) atoms. The predicted octanol–water partition coefficient (Wildman–Crippen LogP) is 1.40. The molecule has 13 heteroatoms. The topological polar surface area (TPSA) is 159 Å². The Labute approximate surface area is 202 Å². The number of nitrogens with one attached hydrogen (secondary N) is 1. The second-order valence-electron chi connectivity index (χ2n) is 7.98. The fourth-order valence-electron chi connectivity index (χ4n) is 3.51. The summed E-state index contributed by atoms with van der Waals surface area (Å²) in [7, 11) is 0. The zero-order chi connectivity index (χ0) is 24.5. The lowest BCUT2D eigenvalue weighted by Gasteiger charge is -2.26. The highest BCUT2D eigenvalue weighted by molar-refractivity contribution is 5.94. The van der Waals surface area contributed by atoms with Gasteiger partial charge in [0.15, 0.2) is 5.69 Å². The van der Waals surface area contributed by atoms with Crippen LogP contribution in [-0.2, 0) is 11.3 Å². The largest absolute Gasteiger partial charge is 0.494 e. The SMILES string of the molecule is CCCCCOc1ccc(/C=N\NC(=O)c2nnn(-c3nonc3N)c2CN2CCOCC2)cc1. The van der Waals surface area contributed by atoms with Crippen LogP contribution in [0.2, 0.25) is 0 Å². The molecule has 1 saturated heterocycles. The van der Waals surface area contributed by atoms with Crippen molar-refractivity contribution in [3.05, 3.63) is 41.2 Å². The van der Waals surface area contributed by atoms with E-state index in [-0.39, 0.29) is 17.3 Å². The molecule has 0 aliphatic carbocycles. The number of carbonyl (C=O) groups excluding carboxylic acids is 1. The number of aromatic nitrogens is 5. The summed E-state index contributed by atoms with van der Waals surface area (Å²) in [6.07, 6.45) is 4.88. The van der Waals surface area contributed by atoms with Crippen LogP contribution in [0.15, 0.2) is 34.0 Å². The van der Waals surface area contributed by atoms with E-state index in [1.54, 1.807) is 6.21 Å². The molecule has 3 aromatic rings. The lowest BCUT2D eigenvalue weighted by Crippen LogP contribution is -2.37. The normalized spacial score (nSPS) is 14.4. The van der Waals surface area contributed by atoms with E-state index in [0.29, 0.717) is 45.1 Å². The second kappa shape index (κ2) is 12.0. The van der Waals surface area contributed by atoms with E-state index < -0.39 is 5.91 Å². The van der Waals surface area contributed by atoms with Crippen molar-refractivity contribution in [1.29, 1.82) is 0 Å². The number of benzene rings is 1. The Bertz CT molecular complexity index is 1120. The van der Waals surface area contributed by atoms with Gasteiger partial charge < -0.3 is 15.2 Å². The van der Waals surface area contributed by atoms with Gasteiger partial charge in [-0.1, -0.05) is 25.0 Å². The molecule has 1 amide bonds. The molecular formula is C22H29N9O4. The predicted molar refractivity (Wildman–Crippen MR) is 126 cm³/mol. The maximum atomic E-state index is 12.9. The molecule has 0 bridgehead atoms. The zero-order valence-corrected chi connectivity index (χ0v) is 19.6. The van der Waals surface area contributed by atoms with Crippen LogP contribution < -0.4 is 15.9 Å². The number of nitrogens with zero attached hydrogens (tertiary/aromatic N) is 7. The Balaban J connectivity index is 1.42. The smallest absolute Gasteiger partial charge is 0.293 e.